The highest BCUT2D eigenvalue weighted by atomic mass is 79.9. The molecule has 1 aromatic carbocycles. The zero-order chi connectivity index (χ0) is 11.8. The molecule has 0 aromatic heterocycles. The third-order valence-electron chi connectivity index (χ3n) is 3.40. The molecule has 1 aromatic rings. The topological polar surface area (TPSA) is 35.8 Å². The summed E-state index contributed by atoms with van der Waals surface area (Å²) in [4.78, 5) is 0. The molecule has 1 fully saturated rings. The summed E-state index contributed by atoms with van der Waals surface area (Å²) in [7, 11) is 1.93. The maximum Gasteiger partial charge on any atom is 0.0769 e. The largest absolute Gasteiger partial charge is 0.312 e. The van der Waals surface area contributed by atoms with Crippen LogP contribution in [-0.2, 0) is 0 Å². The SMILES string of the molecule is CNC(c1cc(Br)ccc1C)C1(C#N)CC1. The van der Waals surface area contributed by atoms with Gasteiger partial charge in [-0.05, 0) is 50.1 Å². The third-order valence-corrected chi connectivity index (χ3v) is 3.90. The van der Waals surface area contributed by atoms with Crippen molar-refractivity contribution in [1.29, 1.82) is 5.26 Å². The lowest BCUT2D eigenvalue weighted by atomic mass is 9.89. The van der Waals surface area contributed by atoms with Crippen LogP contribution in [0.5, 0.6) is 0 Å². The Hall–Kier alpha value is -0.850. The third kappa shape index (κ3) is 1.88. The molecular weight excluding hydrogens is 264 g/mol. The predicted molar refractivity (Wildman–Crippen MR) is 68.0 cm³/mol. The predicted octanol–water partition coefficient (Wildman–Crippen LogP) is 3.32. The van der Waals surface area contributed by atoms with Gasteiger partial charge in [0.05, 0.1) is 17.5 Å². The van der Waals surface area contributed by atoms with Gasteiger partial charge in [0, 0.05) is 4.47 Å². The molecule has 0 heterocycles. The second kappa shape index (κ2) is 4.20. The number of hydrogen-bond acceptors (Lipinski definition) is 2. The number of aryl methyl sites for hydroxylation is 1. The van der Waals surface area contributed by atoms with E-state index in [1.807, 2.05) is 13.1 Å². The first-order chi connectivity index (χ1) is 7.63. The summed E-state index contributed by atoms with van der Waals surface area (Å²) >= 11 is 3.49. The Bertz CT molecular complexity index is 444. The van der Waals surface area contributed by atoms with Gasteiger partial charge >= 0.3 is 0 Å². The molecule has 1 saturated carbocycles. The van der Waals surface area contributed by atoms with Crippen molar-refractivity contribution >= 4 is 15.9 Å². The first kappa shape index (κ1) is 11.6. The first-order valence-electron chi connectivity index (χ1n) is 5.47. The molecule has 84 valence electrons. The number of nitrogens with one attached hydrogen (secondary N) is 1. The first-order valence-corrected chi connectivity index (χ1v) is 6.27. The molecule has 0 bridgehead atoms. The lowest BCUT2D eigenvalue weighted by molar-refractivity contribution is 0.442. The van der Waals surface area contributed by atoms with Gasteiger partial charge in [-0.3, -0.25) is 0 Å². The molecule has 16 heavy (non-hydrogen) atoms. The van der Waals surface area contributed by atoms with E-state index in [2.05, 4.69) is 46.4 Å². The van der Waals surface area contributed by atoms with E-state index in [1.165, 1.54) is 11.1 Å². The normalized spacial score (nSPS) is 18.9. The molecule has 2 nitrogen and oxygen atoms in total. The van der Waals surface area contributed by atoms with E-state index in [0.717, 1.165) is 17.3 Å². The Morgan fingerprint density at radius 1 is 1.50 bits per heavy atom. The summed E-state index contributed by atoms with van der Waals surface area (Å²) in [6.45, 7) is 2.10. The van der Waals surface area contributed by atoms with Gasteiger partial charge in [-0.25, -0.2) is 0 Å². The van der Waals surface area contributed by atoms with E-state index >= 15 is 0 Å². The molecule has 1 aliphatic carbocycles. The lowest BCUT2D eigenvalue weighted by Gasteiger charge is -2.23. The minimum absolute atomic E-state index is 0.148. The maximum atomic E-state index is 9.28. The van der Waals surface area contributed by atoms with Gasteiger partial charge in [-0.1, -0.05) is 22.0 Å². The molecule has 1 N–H and O–H groups in total. The van der Waals surface area contributed by atoms with Crippen LogP contribution in [0.25, 0.3) is 0 Å². The minimum Gasteiger partial charge on any atom is -0.312 e. The number of benzene rings is 1. The molecule has 1 atom stereocenters. The molecule has 0 aliphatic heterocycles. The van der Waals surface area contributed by atoms with Gasteiger partial charge in [-0.15, -0.1) is 0 Å². The highest BCUT2D eigenvalue weighted by Gasteiger charge is 2.50. The van der Waals surface area contributed by atoms with E-state index in [9.17, 15) is 5.26 Å². The van der Waals surface area contributed by atoms with Crippen molar-refractivity contribution in [2.45, 2.75) is 25.8 Å². The van der Waals surface area contributed by atoms with Crippen molar-refractivity contribution < 1.29 is 0 Å². The van der Waals surface area contributed by atoms with Crippen LogP contribution in [0.4, 0.5) is 0 Å². The van der Waals surface area contributed by atoms with Gasteiger partial charge in [0.1, 0.15) is 0 Å². The molecule has 0 saturated heterocycles. The van der Waals surface area contributed by atoms with Crippen LogP contribution >= 0.6 is 15.9 Å². The summed E-state index contributed by atoms with van der Waals surface area (Å²) in [6.07, 6.45) is 2.00. The second-order valence-corrected chi connectivity index (χ2v) is 5.41. The van der Waals surface area contributed by atoms with Crippen molar-refractivity contribution in [3.8, 4) is 6.07 Å². The van der Waals surface area contributed by atoms with E-state index in [4.69, 9.17) is 0 Å². The van der Waals surface area contributed by atoms with Crippen molar-refractivity contribution in [3.63, 3.8) is 0 Å². The average Bonchev–Trinajstić information content (AvgIpc) is 3.05. The van der Waals surface area contributed by atoms with E-state index < -0.39 is 0 Å². The highest BCUT2D eigenvalue weighted by Crippen LogP contribution is 2.54. The van der Waals surface area contributed by atoms with Crippen LogP contribution in [0.15, 0.2) is 22.7 Å². The van der Waals surface area contributed by atoms with E-state index in [0.29, 0.717) is 0 Å². The fourth-order valence-electron chi connectivity index (χ4n) is 2.25. The Balaban J connectivity index is 2.42. The van der Waals surface area contributed by atoms with Crippen molar-refractivity contribution in [2.75, 3.05) is 7.05 Å². The summed E-state index contributed by atoms with van der Waals surface area (Å²) in [6, 6.07) is 8.87. The summed E-state index contributed by atoms with van der Waals surface area (Å²) in [5.41, 5.74) is 2.29. The number of rotatable bonds is 3. The number of halogens is 1. The van der Waals surface area contributed by atoms with Gasteiger partial charge in [-0.2, -0.15) is 5.26 Å². The number of nitrogens with zero attached hydrogens (tertiary/aromatic N) is 1. The van der Waals surface area contributed by atoms with Gasteiger partial charge in [0.25, 0.3) is 0 Å². The number of hydrogen-bond donors (Lipinski definition) is 1. The van der Waals surface area contributed by atoms with Gasteiger partial charge < -0.3 is 5.32 Å². The molecule has 0 radical (unpaired) electrons. The summed E-state index contributed by atoms with van der Waals surface area (Å²) < 4.78 is 1.07. The smallest absolute Gasteiger partial charge is 0.0769 e. The van der Waals surface area contributed by atoms with E-state index in [1.54, 1.807) is 0 Å². The summed E-state index contributed by atoms with van der Waals surface area (Å²) in [5, 5.41) is 12.6. The monoisotopic (exact) mass is 278 g/mol. The van der Waals surface area contributed by atoms with Crippen LogP contribution in [0.1, 0.15) is 30.0 Å². The molecule has 0 amide bonds. The number of nitriles is 1. The van der Waals surface area contributed by atoms with Crippen LogP contribution < -0.4 is 5.32 Å². The van der Waals surface area contributed by atoms with E-state index in [-0.39, 0.29) is 11.5 Å². The van der Waals surface area contributed by atoms with Crippen LogP contribution in [0.3, 0.4) is 0 Å². The fraction of sp³-hybridized carbons (Fsp3) is 0.462. The summed E-state index contributed by atoms with van der Waals surface area (Å²) in [5.74, 6) is 0. The van der Waals surface area contributed by atoms with Crippen LogP contribution in [-0.4, -0.2) is 7.05 Å². The average molecular weight is 279 g/mol. The van der Waals surface area contributed by atoms with Gasteiger partial charge in [0.15, 0.2) is 0 Å². The molecule has 1 aliphatic rings. The molecule has 3 heteroatoms. The van der Waals surface area contributed by atoms with Crippen molar-refractivity contribution in [3.05, 3.63) is 33.8 Å². The standard InChI is InChI=1S/C13H15BrN2/c1-9-3-4-10(14)7-11(9)12(16-2)13(8-15)5-6-13/h3-4,7,12,16H,5-6H2,1-2H3. The Kier molecular flexibility index (Phi) is 3.05. The zero-order valence-electron chi connectivity index (χ0n) is 9.55. The minimum atomic E-state index is -0.180. The van der Waals surface area contributed by atoms with Crippen molar-refractivity contribution in [1.82, 2.24) is 5.32 Å². The molecule has 0 spiro atoms. The molecule has 2 rings (SSSR count). The van der Waals surface area contributed by atoms with Crippen LogP contribution in [0, 0.1) is 23.7 Å². The zero-order valence-corrected chi connectivity index (χ0v) is 11.1. The maximum absolute atomic E-state index is 9.28. The molecular formula is C13H15BrN2. The van der Waals surface area contributed by atoms with Crippen molar-refractivity contribution in [2.24, 2.45) is 5.41 Å². The Labute approximate surface area is 105 Å². The highest BCUT2D eigenvalue weighted by molar-refractivity contribution is 9.10. The lowest BCUT2D eigenvalue weighted by Crippen LogP contribution is -2.26. The Morgan fingerprint density at radius 3 is 2.69 bits per heavy atom. The fourth-order valence-corrected chi connectivity index (χ4v) is 2.63. The van der Waals surface area contributed by atoms with Crippen LogP contribution in [0.2, 0.25) is 0 Å². The van der Waals surface area contributed by atoms with Gasteiger partial charge in [0.2, 0.25) is 0 Å². The quantitative estimate of drug-likeness (QED) is 0.921. The molecule has 1 unspecified atom stereocenters. The second-order valence-electron chi connectivity index (χ2n) is 4.49. The Morgan fingerprint density at radius 2 is 2.19 bits per heavy atom.